The van der Waals surface area contributed by atoms with E-state index >= 15 is 0 Å². The lowest BCUT2D eigenvalue weighted by atomic mass is 10.0. The maximum Gasteiger partial charge on any atom is 0.327 e. The number of hydrogen-bond donors (Lipinski definition) is 2. The zero-order valence-corrected chi connectivity index (χ0v) is 13.0. The SMILES string of the molecule is CC(NC(=O)N1C(C(=O)O)CSC1C1CC1)C1CCOC1. The quantitative estimate of drug-likeness (QED) is 0.819. The predicted octanol–water partition coefficient (Wildman–Crippen LogP) is 1.36. The zero-order chi connectivity index (χ0) is 15.0. The van der Waals surface area contributed by atoms with Crippen LogP contribution in [0.3, 0.4) is 0 Å². The van der Waals surface area contributed by atoms with Crippen molar-refractivity contribution < 1.29 is 19.4 Å². The first kappa shape index (κ1) is 15.0. The molecule has 2 N–H and O–H groups in total. The molecule has 0 aromatic carbocycles. The minimum Gasteiger partial charge on any atom is -0.480 e. The molecule has 0 bridgehead atoms. The summed E-state index contributed by atoms with van der Waals surface area (Å²) in [5.74, 6) is 0.380. The number of hydrogen-bond acceptors (Lipinski definition) is 4. The van der Waals surface area contributed by atoms with E-state index in [1.165, 1.54) is 0 Å². The fourth-order valence-corrected chi connectivity index (χ4v) is 4.68. The summed E-state index contributed by atoms with van der Waals surface area (Å²) in [5.41, 5.74) is 0. The molecule has 1 saturated carbocycles. The lowest BCUT2D eigenvalue weighted by Gasteiger charge is -2.30. The van der Waals surface area contributed by atoms with Crippen LogP contribution in [0.1, 0.15) is 26.2 Å². The summed E-state index contributed by atoms with van der Waals surface area (Å²) in [7, 11) is 0. The van der Waals surface area contributed by atoms with E-state index < -0.39 is 12.0 Å². The molecule has 2 aliphatic heterocycles. The van der Waals surface area contributed by atoms with Gasteiger partial charge in [0.15, 0.2) is 0 Å². The second kappa shape index (κ2) is 6.04. The molecule has 1 aliphatic carbocycles. The molecular weight excluding hydrogens is 292 g/mol. The predicted molar refractivity (Wildman–Crippen MR) is 79.2 cm³/mol. The van der Waals surface area contributed by atoms with Crippen molar-refractivity contribution in [3.63, 3.8) is 0 Å². The van der Waals surface area contributed by atoms with Crippen LogP contribution in [0.15, 0.2) is 0 Å². The van der Waals surface area contributed by atoms with Crippen molar-refractivity contribution in [3.8, 4) is 0 Å². The molecule has 2 heterocycles. The molecule has 4 atom stereocenters. The smallest absolute Gasteiger partial charge is 0.327 e. The number of carbonyl (C=O) groups is 2. The number of amides is 2. The number of nitrogens with one attached hydrogen (secondary N) is 1. The second-order valence-electron chi connectivity index (χ2n) is 6.18. The molecule has 21 heavy (non-hydrogen) atoms. The van der Waals surface area contributed by atoms with Crippen LogP contribution in [0, 0.1) is 11.8 Å². The van der Waals surface area contributed by atoms with Crippen LogP contribution in [-0.4, -0.2) is 58.4 Å². The summed E-state index contributed by atoms with van der Waals surface area (Å²) >= 11 is 1.60. The number of carbonyl (C=O) groups excluding carboxylic acids is 1. The molecule has 3 aliphatic rings. The minimum absolute atomic E-state index is 0.0138. The van der Waals surface area contributed by atoms with Gasteiger partial charge in [0.05, 0.1) is 12.0 Å². The molecule has 0 radical (unpaired) electrons. The Bertz CT molecular complexity index is 423. The van der Waals surface area contributed by atoms with Gasteiger partial charge < -0.3 is 15.2 Å². The van der Waals surface area contributed by atoms with Crippen molar-refractivity contribution in [3.05, 3.63) is 0 Å². The van der Waals surface area contributed by atoms with Crippen LogP contribution in [0.25, 0.3) is 0 Å². The molecule has 2 amide bonds. The average Bonchev–Trinajstić information content (AvgIpc) is 2.98. The van der Waals surface area contributed by atoms with Gasteiger partial charge in [-0.1, -0.05) is 0 Å². The summed E-state index contributed by atoms with van der Waals surface area (Å²) < 4.78 is 5.35. The number of aliphatic carboxylic acids is 1. The number of urea groups is 1. The standard InChI is InChI=1S/C14H22N2O4S/c1-8(10-4-5-20-6-10)15-14(19)16-11(13(17)18)7-21-12(16)9-2-3-9/h8-12H,2-7H2,1H3,(H,15,19)(H,17,18). The highest BCUT2D eigenvalue weighted by molar-refractivity contribution is 8.00. The number of nitrogens with zero attached hydrogens (tertiary/aromatic N) is 1. The van der Waals surface area contributed by atoms with Crippen molar-refractivity contribution in [1.82, 2.24) is 10.2 Å². The number of ether oxygens (including phenoxy) is 1. The van der Waals surface area contributed by atoms with Gasteiger partial charge in [-0.3, -0.25) is 4.90 Å². The topological polar surface area (TPSA) is 78.9 Å². The molecule has 3 fully saturated rings. The highest BCUT2D eigenvalue weighted by atomic mass is 32.2. The Hall–Kier alpha value is -0.950. The van der Waals surface area contributed by atoms with Gasteiger partial charge >= 0.3 is 12.0 Å². The van der Waals surface area contributed by atoms with Crippen LogP contribution in [-0.2, 0) is 9.53 Å². The summed E-state index contributed by atoms with van der Waals surface area (Å²) in [4.78, 5) is 25.5. The van der Waals surface area contributed by atoms with Gasteiger partial charge in [-0.2, -0.15) is 0 Å². The van der Waals surface area contributed by atoms with E-state index in [4.69, 9.17) is 4.74 Å². The Morgan fingerprint density at radius 3 is 2.71 bits per heavy atom. The highest BCUT2D eigenvalue weighted by Crippen LogP contribution is 2.45. The Labute approximate surface area is 128 Å². The molecule has 0 spiro atoms. The summed E-state index contributed by atoms with van der Waals surface area (Å²) in [6.45, 7) is 3.39. The Morgan fingerprint density at radius 2 is 2.14 bits per heavy atom. The molecular formula is C14H22N2O4S. The zero-order valence-electron chi connectivity index (χ0n) is 12.2. The largest absolute Gasteiger partial charge is 0.480 e. The summed E-state index contributed by atoms with van der Waals surface area (Å²) in [6, 6.07) is -0.920. The van der Waals surface area contributed by atoms with E-state index in [0.29, 0.717) is 24.2 Å². The van der Waals surface area contributed by atoms with E-state index in [1.807, 2.05) is 6.92 Å². The molecule has 0 aromatic rings. The Morgan fingerprint density at radius 1 is 1.38 bits per heavy atom. The number of carboxylic acid groups (broad SMARTS) is 1. The van der Waals surface area contributed by atoms with Crippen LogP contribution in [0.5, 0.6) is 0 Å². The first-order valence-corrected chi connectivity index (χ1v) is 8.63. The van der Waals surface area contributed by atoms with Gasteiger partial charge in [-0.25, -0.2) is 9.59 Å². The molecule has 7 heteroatoms. The van der Waals surface area contributed by atoms with Crippen LogP contribution in [0.4, 0.5) is 4.79 Å². The van der Waals surface area contributed by atoms with Crippen molar-refractivity contribution >= 4 is 23.8 Å². The van der Waals surface area contributed by atoms with E-state index in [9.17, 15) is 14.7 Å². The van der Waals surface area contributed by atoms with Gasteiger partial charge in [-0.05, 0) is 32.1 Å². The van der Waals surface area contributed by atoms with E-state index in [1.54, 1.807) is 16.7 Å². The van der Waals surface area contributed by atoms with Crippen molar-refractivity contribution in [2.45, 2.75) is 43.6 Å². The maximum atomic E-state index is 12.6. The lowest BCUT2D eigenvalue weighted by molar-refractivity contribution is -0.141. The van der Waals surface area contributed by atoms with Gasteiger partial charge in [0.25, 0.3) is 0 Å². The van der Waals surface area contributed by atoms with Gasteiger partial charge in [0, 0.05) is 24.3 Å². The van der Waals surface area contributed by atoms with Crippen LogP contribution >= 0.6 is 11.8 Å². The molecule has 3 rings (SSSR count). The molecule has 4 unspecified atom stereocenters. The third-order valence-electron chi connectivity index (χ3n) is 4.60. The van der Waals surface area contributed by atoms with E-state index in [0.717, 1.165) is 25.9 Å². The highest BCUT2D eigenvalue weighted by Gasteiger charge is 2.48. The third kappa shape index (κ3) is 3.13. The number of rotatable bonds is 4. The second-order valence-corrected chi connectivity index (χ2v) is 7.33. The fraction of sp³-hybridized carbons (Fsp3) is 0.857. The van der Waals surface area contributed by atoms with E-state index in [2.05, 4.69) is 5.32 Å². The van der Waals surface area contributed by atoms with Gasteiger partial charge in [0.2, 0.25) is 0 Å². The molecule has 6 nitrogen and oxygen atoms in total. The lowest BCUT2D eigenvalue weighted by Crippen LogP contribution is -2.53. The first-order chi connectivity index (χ1) is 10.1. The number of thioether (sulfide) groups is 1. The van der Waals surface area contributed by atoms with Crippen LogP contribution < -0.4 is 5.32 Å². The summed E-state index contributed by atoms with van der Waals surface area (Å²) in [6.07, 6.45) is 3.14. The minimum atomic E-state index is -0.905. The van der Waals surface area contributed by atoms with Crippen molar-refractivity contribution in [1.29, 1.82) is 0 Å². The average molecular weight is 314 g/mol. The first-order valence-electron chi connectivity index (χ1n) is 7.59. The molecule has 2 saturated heterocycles. The Balaban J connectivity index is 1.65. The van der Waals surface area contributed by atoms with Gasteiger partial charge in [-0.15, -0.1) is 11.8 Å². The van der Waals surface area contributed by atoms with Crippen molar-refractivity contribution in [2.24, 2.45) is 11.8 Å². The summed E-state index contributed by atoms with van der Waals surface area (Å²) in [5, 5.41) is 12.4. The third-order valence-corrected chi connectivity index (χ3v) is 6.06. The normalized spacial score (nSPS) is 34.0. The number of carboxylic acids is 1. The monoisotopic (exact) mass is 314 g/mol. The van der Waals surface area contributed by atoms with E-state index in [-0.39, 0.29) is 17.4 Å². The fourth-order valence-electron chi connectivity index (χ4n) is 3.05. The van der Waals surface area contributed by atoms with Gasteiger partial charge in [0.1, 0.15) is 6.04 Å². The molecule has 118 valence electrons. The van der Waals surface area contributed by atoms with Crippen molar-refractivity contribution in [2.75, 3.05) is 19.0 Å². The maximum absolute atomic E-state index is 12.6. The molecule has 0 aromatic heterocycles. The Kier molecular flexibility index (Phi) is 4.31. The van der Waals surface area contributed by atoms with Crippen LogP contribution in [0.2, 0.25) is 0 Å².